The van der Waals surface area contributed by atoms with Gasteiger partial charge in [-0.05, 0) is 83.3 Å². The van der Waals surface area contributed by atoms with Gasteiger partial charge in [0.2, 0.25) is 0 Å². The number of likely N-dealkylation sites (tertiary alicyclic amines) is 1. The van der Waals surface area contributed by atoms with Crippen LogP contribution in [-0.2, 0) is 33.8 Å². The van der Waals surface area contributed by atoms with Gasteiger partial charge in [0, 0.05) is 30.6 Å². The second-order valence-electron chi connectivity index (χ2n) is 10.4. The van der Waals surface area contributed by atoms with Crippen LogP contribution in [0.2, 0.25) is 0 Å². The van der Waals surface area contributed by atoms with Crippen molar-refractivity contribution in [2.45, 2.75) is 90.8 Å². The normalized spacial score (nSPS) is 20.1. The molecule has 3 heterocycles. The van der Waals surface area contributed by atoms with Crippen molar-refractivity contribution in [2.24, 2.45) is 5.92 Å². The quantitative estimate of drug-likeness (QED) is 0.607. The highest BCUT2D eigenvalue weighted by Crippen LogP contribution is 2.30. The van der Waals surface area contributed by atoms with Gasteiger partial charge >= 0.3 is 6.09 Å². The molecule has 2 aliphatic heterocycles. The predicted octanol–water partition coefficient (Wildman–Crippen LogP) is 4.94. The van der Waals surface area contributed by atoms with Gasteiger partial charge in [0.05, 0.1) is 18.9 Å². The van der Waals surface area contributed by atoms with Gasteiger partial charge in [-0.15, -0.1) is 0 Å². The third-order valence-electron chi connectivity index (χ3n) is 6.69. The second kappa shape index (κ2) is 11.1. The molecule has 2 aromatic rings. The highest BCUT2D eigenvalue weighted by atomic mass is 16.7. The van der Waals surface area contributed by atoms with Gasteiger partial charge in [-0.3, -0.25) is 0 Å². The summed E-state index contributed by atoms with van der Waals surface area (Å²) in [5.74, 6) is 0.536. The van der Waals surface area contributed by atoms with Crippen molar-refractivity contribution < 1.29 is 28.6 Å². The Morgan fingerprint density at radius 2 is 2.00 bits per heavy atom. The lowest BCUT2D eigenvalue weighted by molar-refractivity contribution is -0.169. The summed E-state index contributed by atoms with van der Waals surface area (Å²) in [6.45, 7) is 8.11. The number of amides is 1. The second-order valence-corrected chi connectivity index (χ2v) is 10.4. The molecule has 1 aromatic heterocycles. The minimum absolute atomic E-state index is 0.0770. The molecule has 8 nitrogen and oxygen atoms in total. The largest absolute Gasteiger partial charge is 0.444 e. The molecule has 2 saturated heterocycles. The Morgan fingerprint density at radius 3 is 2.68 bits per heavy atom. The van der Waals surface area contributed by atoms with Gasteiger partial charge in [-0.1, -0.05) is 11.2 Å². The summed E-state index contributed by atoms with van der Waals surface area (Å²) in [4.78, 5) is 14.1. The van der Waals surface area contributed by atoms with E-state index < -0.39 is 5.60 Å². The molecule has 34 heavy (non-hydrogen) atoms. The zero-order chi connectivity index (χ0) is 24.1. The minimum atomic E-state index is -0.467. The summed E-state index contributed by atoms with van der Waals surface area (Å²) in [6.07, 6.45) is 6.37. The first-order valence-electron chi connectivity index (χ1n) is 12.5. The molecule has 0 spiro atoms. The smallest absolute Gasteiger partial charge is 0.410 e. The average molecular weight is 475 g/mol. The van der Waals surface area contributed by atoms with Crippen molar-refractivity contribution >= 4 is 17.1 Å². The standard InChI is InChI=1S/C26H38N2O6/c1-26(2,3)33-25(30)28-13-11-18(12-14-28)7-10-22-20-9-8-19(16-29)21(24(20)34-27-22)17-32-23-6-4-5-15-31-23/h8-9,18,23,29H,4-7,10-17H2,1-3H3. The van der Waals surface area contributed by atoms with Crippen molar-refractivity contribution in [1.82, 2.24) is 10.1 Å². The Bertz CT molecular complexity index is 952. The lowest BCUT2D eigenvalue weighted by Crippen LogP contribution is -2.41. The number of aliphatic hydroxyl groups is 1. The van der Waals surface area contributed by atoms with E-state index in [-0.39, 0.29) is 19.0 Å². The van der Waals surface area contributed by atoms with E-state index in [2.05, 4.69) is 5.16 Å². The fourth-order valence-electron chi connectivity index (χ4n) is 4.73. The molecular formula is C26H38N2O6. The summed E-state index contributed by atoms with van der Waals surface area (Å²) < 4.78 is 22.9. The Balaban J connectivity index is 1.34. The molecule has 1 N–H and O–H groups in total. The molecule has 1 aromatic carbocycles. The van der Waals surface area contributed by atoms with E-state index in [0.29, 0.717) is 18.1 Å². The number of rotatable bonds is 7. The van der Waals surface area contributed by atoms with E-state index in [0.717, 1.165) is 86.8 Å². The summed E-state index contributed by atoms with van der Waals surface area (Å²) in [5, 5.41) is 15.2. The topological polar surface area (TPSA) is 94.3 Å². The van der Waals surface area contributed by atoms with Crippen LogP contribution >= 0.6 is 0 Å². The van der Waals surface area contributed by atoms with E-state index >= 15 is 0 Å². The molecule has 0 saturated carbocycles. The van der Waals surface area contributed by atoms with Crippen LogP contribution in [0, 0.1) is 5.92 Å². The van der Waals surface area contributed by atoms with Gasteiger partial charge in [0.1, 0.15) is 5.60 Å². The van der Waals surface area contributed by atoms with Gasteiger partial charge in [-0.2, -0.15) is 0 Å². The van der Waals surface area contributed by atoms with Crippen molar-refractivity contribution in [3.05, 3.63) is 29.0 Å². The molecule has 8 heteroatoms. The van der Waals surface area contributed by atoms with Gasteiger partial charge in [0.15, 0.2) is 11.9 Å². The zero-order valence-corrected chi connectivity index (χ0v) is 20.7. The molecule has 1 amide bonds. The number of hydrogen-bond acceptors (Lipinski definition) is 7. The maximum absolute atomic E-state index is 12.3. The zero-order valence-electron chi connectivity index (χ0n) is 20.7. The van der Waals surface area contributed by atoms with E-state index in [1.54, 1.807) is 0 Å². The molecule has 2 fully saturated rings. The minimum Gasteiger partial charge on any atom is -0.444 e. The Labute approximate surface area is 201 Å². The summed E-state index contributed by atoms with van der Waals surface area (Å²) in [5.41, 5.74) is 2.80. The van der Waals surface area contributed by atoms with Crippen molar-refractivity contribution in [2.75, 3.05) is 19.7 Å². The molecule has 4 rings (SSSR count). The van der Waals surface area contributed by atoms with Crippen LogP contribution in [0.3, 0.4) is 0 Å². The average Bonchev–Trinajstić information content (AvgIpc) is 3.24. The van der Waals surface area contributed by atoms with Crippen molar-refractivity contribution in [3.8, 4) is 0 Å². The molecule has 2 aliphatic rings. The lowest BCUT2D eigenvalue weighted by Gasteiger charge is -2.33. The first kappa shape index (κ1) is 24.9. The molecule has 0 aliphatic carbocycles. The molecule has 0 bridgehead atoms. The number of nitrogens with zero attached hydrogens (tertiary/aromatic N) is 2. The first-order chi connectivity index (χ1) is 16.3. The lowest BCUT2D eigenvalue weighted by atomic mass is 9.91. The summed E-state index contributed by atoms with van der Waals surface area (Å²) >= 11 is 0. The number of carbonyl (C=O) groups excluding carboxylic acids is 1. The van der Waals surface area contributed by atoms with Crippen LogP contribution in [0.4, 0.5) is 4.79 Å². The van der Waals surface area contributed by atoms with Crippen LogP contribution in [0.15, 0.2) is 16.7 Å². The van der Waals surface area contributed by atoms with E-state index in [1.807, 2.05) is 37.8 Å². The molecule has 1 atom stereocenters. The maximum atomic E-state index is 12.3. The van der Waals surface area contributed by atoms with E-state index in [9.17, 15) is 9.90 Å². The molecular weight excluding hydrogens is 436 g/mol. The predicted molar refractivity (Wildman–Crippen MR) is 127 cm³/mol. The first-order valence-corrected chi connectivity index (χ1v) is 12.5. The van der Waals surface area contributed by atoms with Gasteiger partial charge in [-0.25, -0.2) is 4.79 Å². The van der Waals surface area contributed by atoms with Crippen LogP contribution in [0.1, 0.15) is 76.1 Å². The number of piperidine rings is 1. The summed E-state index contributed by atoms with van der Waals surface area (Å²) in [7, 11) is 0. The highest BCUT2D eigenvalue weighted by Gasteiger charge is 2.27. The number of ether oxygens (including phenoxy) is 3. The van der Waals surface area contributed by atoms with Crippen LogP contribution < -0.4 is 0 Å². The molecule has 0 radical (unpaired) electrons. The number of aromatic nitrogens is 1. The Hall–Kier alpha value is -2.16. The fourth-order valence-corrected chi connectivity index (χ4v) is 4.73. The molecule has 188 valence electrons. The number of hydrogen-bond donors (Lipinski definition) is 1. The van der Waals surface area contributed by atoms with Crippen LogP contribution in [0.25, 0.3) is 11.0 Å². The molecule has 1 unspecified atom stereocenters. The summed E-state index contributed by atoms with van der Waals surface area (Å²) in [6, 6.07) is 3.92. The van der Waals surface area contributed by atoms with Gasteiger partial charge in [0.25, 0.3) is 0 Å². The Kier molecular flexibility index (Phi) is 8.11. The van der Waals surface area contributed by atoms with Crippen molar-refractivity contribution in [3.63, 3.8) is 0 Å². The number of benzene rings is 1. The van der Waals surface area contributed by atoms with Gasteiger partial charge < -0.3 is 28.7 Å². The maximum Gasteiger partial charge on any atom is 0.410 e. The van der Waals surface area contributed by atoms with E-state index in [1.165, 1.54) is 0 Å². The van der Waals surface area contributed by atoms with E-state index in [4.69, 9.17) is 18.7 Å². The van der Waals surface area contributed by atoms with Crippen LogP contribution in [0.5, 0.6) is 0 Å². The fraction of sp³-hybridized carbons (Fsp3) is 0.692. The number of carbonyl (C=O) groups is 1. The monoisotopic (exact) mass is 474 g/mol. The number of fused-ring (bicyclic) bond motifs is 1. The highest BCUT2D eigenvalue weighted by molar-refractivity contribution is 5.83. The third-order valence-corrected chi connectivity index (χ3v) is 6.69. The SMILES string of the molecule is CC(C)(C)OC(=O)N1CCC(CCc2noc3c(COC4CCCCO4)c(CO)ccc23)CC1. The third kappa shape index (κ3) is 6.29. The number of aryl methyl sites for hydroxylation is 1. The number of aliphatic hydroxyl groups excluding tert-OH is 1. The van der Waals surface area contributed by atoms with Crippen LogP contribution in [-0.4, -0.2) is 52.8 Å². The van der Waals surface area contributed by atoms with Crippen molar-refractivity contribution in [1.29, 1.82) is 0 Å². The Morgan fingerprint density at radius 1 is 1.21 bits per heavy atom.